The number of aliphatic hydroxyl groups is 1. The third-order valence-electron chi connectivity index (χ3n) is 2.32. The van der Waals surface area contributed by atoms with E-state index in [1.54, 1.807) is 6.92 Å². The molecule has 1 atom stereocenters. The van der Waals surface area contributed by atoms with Gasteiger partial charge in [-0.25, -0.2) is 0 Å². The number of hydrogen-bond acceptors (Lipinski definition) is 4. The van der Waals surface area contributed by atoms with Crippen molar-refractivity contribution in [3.63, 3.8) is 0 Å². The van der Waals surface area contributed by atoms with Gasteiger partial charge in [0.2, 0.25) is 5.91 Å². The van der Waals surface area contributed by atoms with Crippen LogP contribution < -0.4 is 5.32 Å². The van der Waals surface area contributed by atoms with Gasteiger partial charge in [-0.2, -0.15) is 25.3 Å². The fourth-order valence-corrected chi connectivity index (χ4v) is 2.14. The Labute approximate surface area is 96.5 Å². The quantitative estimate of drug-likeness (QED) is 0.515. The molecule has 0 fully saturated rings. The summed E-state index contributed by atoms with van der Waals surface area (Å²) in [6, 6.07) is 0. The van der Waals surface area contributed by atoms with Gasteiger partial charge in [0.15, 0.2) is 0 Å². The van der Waals surface area contributed by atoms with E-state index in [9.17, 15) is 4.79 Å². The normalized spacial score (nSPS) is 13.8. The first-order valence-corrected chi connectivity index (χ1v) is 5.97. The summed E-state index contributed by atoms with van der Waals surface area (Å²) in [5.41, 5.74) is -0.513. The van der Waals surface area contributed by atoms with Gasteiger partial charge in [-0.1, -0.05) is 6.92 Å². The Bertz CT molecular complexity index is 173. The fourth-order valence-electron chi connectivity index (χ4n) is 1.01. The second-order valence-electron chi connectivity index (χ2n) is 3.51. The molecule has 5 heteroatoms. The van der Waals surface area contributed by atoms with Crippen molar-refractivity contribution in [2.75, 3.05) is 18.1 Å². The number of carbonyl (C=O) groups excluding carboxylic acids is 1. The van der Waals surface area contributed by atoms with E-state index in [2.05, 4.69) is 30.6 Å². The molecule has 0 bridgehead atoms. The summed E-state index contributed by atoms with van der Waals surface area (Å²) in [7, 11) is 0. The molecule has 0 aliphatic carbocycles. The predicted molar refractivity (Wildman–Crippen MR) is 65.1 cm³/mol. The van der Waals surface area contributed by atoms with E-state index in [0.717, 1.165) is 0 Å². The van der Waals surface area contributed by atoms with E-state index >= 15 is 0 Å². The molecule has 14 heavy (non-hydrogen) atoms. The topological polar surface area (TPSA) is 49.3 Å². The number of amides is 1. The number of thiol groups is 2. The van der Waals surface area contributed by atoms with Crippen molar-refractivity contribution in [1.29, 1.82) is 0 Å². The highest BCUT2D eigenvalue weighted by Gasteiger charge is 2.33. The van der Waals surface area contributed by atoms with Crippen LogP contribution in [0.1, 0.15) is 20.3 Å². The average molecular weight is 237 g/mol. The van der Waals surface area contributed by atoms with Gasteiger partial charge in [0.25, 0.3) is 0 Å². The fraction of sp³-hybridized carbons (Fsp3) is 0.889. The van der Waals surface area contributed by atoms with Crippen LogP contribution in [0.3, 0.4) is 0 Å². The van der Waals surface area contributed by atoms with Crippen LogP contribution in [0.2, 0.25) is 0 Å². The average Bonchev–Trinajstić information content (AvgIpc) is 2.18. The van der Waals surface area contributed by atoms with Gasteiger partial charge in [-0.15, -0.1) is 0 Å². The zero-order valence-corrected chi connectivity index (χ0v) is 10.4. The highest BCUT2D eigenvalue weighted by atomic mass is 32.1. The van der Waals surface area contributed by atoms with Crippen LogP contribution in [0.15, 0.2) is 0 Å². The molecule has 84 valence electrons. The molecule has 0 radical (unpaired) electrons. The number of rotatable bonds is 6. The van der Waals surface area contributed by atoms with Crippen molar-refractivity contribution in [3.8, 4) is 0 Å². The maximum atomic E-state index is 11.7. The van der Waals surface area contributed by atoms with Crippen molar-refractivity contribution in [3.05, 3.63) is 0 Å². The van der Waals surface area contributed by atoms with Crippen LogP contribution >= 0.6 is 25.3 Å². The van der Waals surface area contributed by atoms with Gasteiger partial charge in [-0.3, -0.25) is 4.79 Å². The van der Waals surface area contributed by atoms with E-state index in [1.165, 1.54) is 0 Å². The van der Waals surface area contributed by atoms with Crippen molar-refractivity contribution in [1.82, 2.24) is 5.32 Å². The summed E-state index contributed by atoms with van der Waals surface area (Å²) in [6.45, 7) is 3.85. The Hall–Kier alpha value is 0.130. The maximum Gasteiger partial charge on any atom is 0.227 e. The van der Waals surface area contributed by atoms with Crippen molar-refractivity contribution in [2.24, 2.45) is 5.41 Å². The van der Waals surface area contributed by atoms with Gasteiger partial charge in [-0.05, 0) is 13.3 Å². The Morgan fingerprint density at radius 3 is 2.29 bits per heavy atom. The predicted octanol–water partition coefficient (Wildman–Crippen LogP) is 0.739. The number of nitrogens with one attached hydrogen (secondary N) is 1. The van der Waals surface area contributed by atoms with Gasteiger partial charge < -0.3 is 10.4 Å². The van der Waals surface area contributed by atoms with E-state index < -0.39 is 11.5 Å². The molecule has 0 rings (SSSR count). The van der Waals surface area contributed by atoms with E-state index in [4.69, 9.17) is 5.11 Å². The first-order chi connectivity index (χ1) is 6.52. The lowest BCUT2D eigenvalue weighted by atomic mass is 9.88. The van der Waals surface area contributed by atoms with Crippen LogP contribution in [-0.2, 0) is 4.79 Å². The zero-order chi connectivity index (χ0) is 11.2. The lowest BCUT2D eigenvalue weighted by molar-refractivity contribution is -0.129. The standard InChI is InChI=1S/C9H19NO2S2/c1-3-9(5-13,6-14)8(12)10-4-7(2)11/h7,11,13-14H,3-6H2,1-2H3,(H,10,12). The first-order valence-electron chi connectivity index (χ1n) is 4.70. The van der Waals surface area contributed by atoms with Crippen LogP contribution in [0, 0.1) is 5.41 Å². The van der Waals surface area contributed by atoms with E-state index in [1.807, 2.05) is 6.92 Å². The third-order valence-corrected chi connectivity index (χ3v) is 3.53. The van der Waals surface area contributed by atoms with Crippen LogP contribution in [0.25, 0.3) is 0 Å². The molecular formula is C9H19NO2S2. The third kappa shape index (κ3) is 3.71. The zero-order valence-electron chi connectivity index (χ0n) is 8.66. The molecule has 0 saturated heterocycles. The minimum atomic E-state index is -0.520. The Morgan fingerprint density at radius 2 is 2.00 bits per heavy atom. The second-order valence-corrected chi connectivity index (χ2v) is 4.14. The molecule has 0 aliphatic rings. The Kier molecular flexibility index (Phi) is 6.64. The summed E-state index contributed by atoms with van der Waals surface area (Å²) in [6.07, 6.45) is 0.180. The highest BCUT2D eigenvalue weighted by Crippen LogP contribution is 2.25. The minimum Gasteiger partial charge on any atom is -0.392 e. The summed E-state index contributed by atoms with van der Waals surface area (Å²) >= 11 is 8.35. The van der Waals surface area contributed by atoms with E-state index in [-0.39, 0.29) is 12.5 Å². The lowest BCUT2D eigenvalue weighted by Gasteiger charge is -2.28. The molecule has 0 spiro atoms. The number of hydrogen-bond donors (Lipinski definition) is 4. The van der Waals surface area contributed by atoms with Crippen molar-refractivity contribution >= 4 is 31.2 Å². The number of aliphatic hydroxyl groups excluding tert-OH is 1. The van der Waals surface area contributed by atoms with Crippen LogP contribution in [0.4, 0.5) is 0 Å². The maximum absolute atomic E-state index is 11.7. The molecule has 0 saturated carbocycles. The largest absolute Gasteiger partial charge is 0.392 e. The van der Waals surface area contributed by atoms with Gasteiger partial charge in [0, 0.05) is 18.1 Å². The van der Waals surface area contributed by atoms with Crippen LogP contribution in [-0.4, -0.2) is 35.2 Å². The van der Waals surface area contributed by atoms with Gasteiger partial charge in [0.1, 0.15) is 0 Å². The molecule has 0 aromatic carbocycles. The highest BCUT2D eigenvalue weighted by molar-refractivity contribution is 7.81. The molecule has 2 N–H and O–H groups in total. The first kappa shape index (κ1) is 14.1. The summed E-state index contributed by atoms with van der Waals surface area (Å²) in [4.78, 5) is 11.7. The molecular weight excluding hydrogens is 218 g/mol. The summed E-state index contributed by atoms with van der Waals surface area (Å²) in [5, 5.41) is 11.7. The van der Waals surface area contributed by atoms with Gasteiger partial charge in [0.05, 0.1) is 11.5 Å². The Morgan fingerprint density at radius 1 is 1.50 bits per heavy atom. The molecule has 3 nitrogen and oxygen atoms in total. The Balaban J connectivity index is 4.29. The molecule has 0 aromatic rings. The molecule has 0 heterocycles. The number of carbonyl (C=O) groups is 1. The molecule has 1 unspecified atom stereocenters. The molecule has 0 aromatic heterocycles. The molecule has 1 amide bonds. The smallest absolute Gasteiger partial charge is 0.227 e. The van der Waals surface area contributed by atoms with Crippen LogP contribution in [0.5, 0.6) is 0 Å². The second kappa shape index (κ2) is 6.58. The lowest BCUT2D eigenvalue weighted by Crippen LogP contribution is -2.45. The molecule has 0 aliphatic heterocycles. The SMILES string of the molecule is CCC(CS)(CS)C(=O)NCC(C)O. The van der Waals surface area contributed by atoms with Gasteiger partial charge >= 0.3 is 0 Å². The van der Waals surface area contributed by atoms with E-state index in [0.29, 0.717) is 17.9 Å². The minimum absolute atomic E-state index is 0.0779. The van der Waals surface area contributed by atoms with Crippen molar-refractivity contribution in [2.45, 2.75) is 26.4 Å². The van der Waals surface area contributed by atoms with Crippen molar-refractivity contribution < 1.29 is 9.90 Å². The summed E-state index contributed by atoms with van der Waals surface area (Å²) < 4.78 is 0. The summed E-state index contributed by atoms with van der Waals surface area (Å²) in [5.74, 6) is 0.864. The monoisotopic (exact) mass is 237 g/mol.